The molecule has 0 saturated carbocycles. The molecule has 2 unspecified atom stereocenters. The molecule has 2 rings (SSSR count). The maximum Gasteiger partial charge on any atom is 0.224 e. The minimum atomic E-state index is -0.993. The minimum Gasteiger partial charge on any atom is -0.396 e. The number of carbonyl (C=O) groups excluding carboxylic acids is 1. The Labute approximate surface area is 107 Å². The number of piperidine rings is 1. The highest BCUT2D eigenvalue weighted by atomic mass is 19.1. The molecule has 0 spiro atoms. The van der Waals surface area contributed by atoms with Crippen molar-refractivity contribution in [2.24, 2.45) is 17.6 Å². The Kier molecular flexibility index (Phi) is 4.02. The molecule has 0 aromatic heterocycles. The van der Waals surface area contributed by atoms with Crippen molar-refractivity contribution in [1.29, 1.82) is 0 Å². The van der Waals surface area contributed by atoms with Crippen molar-refractivity contribution in [2.45, 2.75) is 32.0 Å². The lowest BCUT2D eigenvalue weighted by molar-refractivity contribution is -0.120. The first-order chi connectivity index (χ1) is 8.54. The fraction of sp³-hybridized carbons (Fsp3) is 0.769. The number of hydrogen-bond donors (Lipinski definition) is 2. The highest BCUT2D eigenvalue weighted by molar-refractivity contribution is 5.80. The maximum absolute atomic E-state index is 13.7. The summed E-state index contributed by atoms with van der Waals surface area (Å²) in [6, 6.07) is -0.285. The van der Waals surface area contributed by atoms with Gasteiger partial charge in [-0.1, -0.05) is 0 Å². The van der Waals surface area contributed by atoms with Crippen molar-refractivity contribution >= 4 is 5.91 Å². The van der Waals surface area contributed by atoms with E-state index in [0.717, 1.165) is 31.5 Å². The lowest BCUT2D eigenvalue weighted by Crippen LogP contribution is -2.53. The first-order valence-electron chi connectivity index (χ1n) is 6.54. The third-order valence-corrected chi connectivity index (χ3v) is 4.22. The molecular weight excluding hydrogens is 235 g/mol. The SMILES string of the molecule is CC(C(N)=O)C1=CC(F)[C@H]1N1CCC(CO)CC1. The van der Waals surface area contributed by atoms with Crippen LogP contribution < -0.4 is 5.73 Å². The fourth-order valence-corrected chi connectivity index (χ4v) is 2.83. The summed E-state index contributed by atoms with van der Waals surface area (Å²) >= 11 is 0. The normalized spacial score (nSPS) is 31.6. The Morgan fingerprint density at radius 3 is 2.67 bits per heavy atom. The Morgan fingerprint density at radius 1 is 1.61 bits per heavy atom. The number of nitrogens with two attached hydrogens (primary N) is 1. The number of nitrogens with zero attached hydrogens (tertiary/aromatic N) is 1. The van der Waals surface area contributed by atoms with Crippen LogP contribution in [0.5, 0.6) is 0 Å². The molecule has 1 aliphatic heterocycles. The summed E-state index contributed by atoms with van der Waals surface area (Å²) in [4.78, 5) is 13.2. The van der Waals surface area contributed by atoms with E-state index >= 15 is 0 Å². The Balaban J connectivity index is 1.98. The second-order valence-corrected chi connectivity index (χ2v) is 5.34. The van der Waals surface area contributed by atoms with Crippen LogP contribution in [0, 0.1) is 11.8 Å². The van der Waals surface area contributed by atoms with Crippen LogP contribution >= 0.6 is 0 Å². The largest absolute Gasteiger partial charge is 0.396 e. The first kappa shape index (κ1) is 13.5. The zero-order valence-corrected chi connectivity index (χ0v) is 10.7. The second kappa shape index (κ2) is 5.36. The average molecular weight is 256 g/mol. The minimum absolute atomic E-state index is 0.206. The zero-order chi connectivity index (χ0) is 13.3. The molecule has 1 aliphatic carbocycles. The number of halogens is 1. The van der Waals surface area contributed by atoms with Crippen molar-refractivity contribution in [3.63, 3.8) is 0 Å². The number of aliphatic hydroxyl groups is 1. The second-order valence-electron chi connectivity index (χ2n) is 5.34. The van der Waals surface area contributed by atoms with E-state index in [9.17, 15) is 9.18 Å². The number of amides is 1. The summed E-state index contributed by atoms with van der Waals surface area (Å²) in [7, 11) is 0. The number of hydrogen-bond acceptors (Lipinski definition) is 3. The van der Waals surface area contributed by atoms with Gasteiger partial charge in [0.25, 0.3) is 0 Å². The molecule has 102 valence electrons. The van der Waals surface area contributed by atoms with Crippen LogP contribution in [0.25, 0.3) is 0 Å². The van der Waals surface area contributed by atoms with Gasteiger partial charge in [-0.25, -0.2) is 4.39 Å². The fourth-order valence-electron chi connectivity index (χ4n) is 2.83. The standard InChI is InChI=1S/C13H21FN2O2/c1-8(13(15)18)10-6-11(14)12(10)16-4-2-9(7-17)3-5-16/h6,8-9,11-12,17H,2-5,7H2,1H3,(H2,15,18)/t8?,11?,12-/m0/s1. The third kappa shape index (κ3) is 2.42. The van der Waals surface area contributed by atoms with Gasteiger partial charge < -0.3 is 10.8 Å². The third-order valence-electron chi connectivity index (χ3n) is 4.22. The number of likely N-dealkylation sites (tertiary alicyclic amines) is 1. The zero-order valence-electron chi connectivity index (χ0n) is 10.7. The smallest absolute Gasteiger partial charge is 0.224 e. The van der Waals surface area contributed by atoms with Crippen molar-refractivity contribution in [1.82, 2.24) is 4.90 Å². The van der Waals surface area contributed by atoms with Gasteiger partial charge in [0, 0.05) is 6.61 Å². The van der Waals surface area contributed by atoms with Gasteiger partial charge in [0.05, 0.1) is 12.0 Å². The van der Waals surface area contributed by atoms with Gasteiger partial charge in [-0.15, -0.1) is 0 Å². The number of carbonyl (C=O) groups is 1. The van der Waals surface area contributed by atoms with E-state index in [2.05, 4.69) is 4.90 Å². The van der Waals surface area contributed by atoms with E-state index < -0.39 is 18.0 Å². The summed E-state index contributed by atoms with van der Waals surface area (Å²) in [5.74, 6) is -0.457. The van der Waals surface area contributed by atoms with Crippen LogP contribution in [0.4, 0.5) is 4.39 Å². The first-order valence-corrected chi connectivity index (χ1v) is 6.54. The number of alkyl halides is 1. The van der Waals surface area contributed by atoms with Crippen molar-refractivity contribution < 1.29 is 14.3 Å². The predicted molar refractivity (Wildman–Crippen MR) is 66.5 cm³/mol. The molecule has 0 aromatic rings. The molecule has 18 heavy (non-hydrogen) atoms. The molecule has 2 aliphatic rings. The number of aliphatic hydroxyl groups excluding tert-OH is 1. The molecule has 4 nitrogen and oxygen atoms in total. The molecule has 0 radical (unpaired) electrons. The van der Waals surface area contributed by atoms with Gasteiger partial charge >= 0.3 is 0 Å². The van der Waals surface area contributed by atoms with Gasteiger partial charge in [-0.05, 0) is 50.4 Å². The molecule has 3 atom stereocenters. The maximum atomic E-state index is 13.7. The van der Waals surface area contributed by atoms with Gasteiger partial charge in [-0.3, -0.25) is 9.69 Å². The highest BCUT2D eigenvalue weighted by Crippen LogP contribution is 2.35. The van der Waals surface area contributed by atoms with Crippen LogP contribution in [0.2, 0.25) is 0 Å². The quantitative estimate of drug-likeness (QED) is 0.718. The number of primary amides is 1. The molecule has 1 fully saturated rings. The summed E-state index contributed by atoms with van der Waals surface area (Å²) in [6.07, 6.45) is 2.29. The van der Waals surface area contributed by atoms with Gasteiger partial charge in [0.2, 0.25) is 5.91 Å². The van der Waals surface area contributed by atoms with Gasteiger partial charge in [0.15, 0.2) is 0 Å². The van der Waals surface area contributed by atoms with Crippen molar-refractivity contribution in [2.75, 3.05) is 19.7 Å². The summed E-state index contributed by atoms with van der Waals surface area (Å²) in [6.45, 7) is 3.49. The van der Waals surface area contributed by atoms with E-state index in [-0.39, 0.29) is 12.6 Å². The van der Waals surface area contributed by atoms with E-state index in [1.807, 2.05) is 0 Å². The van der Waals surface area contributed by atoms with E-state index in [1.54, 1.807) is 6.92 Å². The molecular formula is C13H21FN2O2. The van der Waals surface area contributed by atoms with E-state index in [1.165, 1.54) is 6.08 Å². The summed E-state index contributed by atoms with van der Waals surface area (Å²) in [5.41, 5.74) is 6.09. The van der Waals surface area contributed by atoms with Crippen LogP contribution in [0.3, 0.4) is 0 Å². The lowest BCUT2D eigenvalue weighted by atomic mass is 9.79. The Morgan fingerprint density at radius 2 is 2.22 bits per heavy atom. The highest BCUT2D eigenvalue weighted by Gasteiger charge is 2.41. The summed E-state index contributed by atoms with van der Waals surface area (Å²) < 4.78 is 13.7. The van der Waals surface area contributed by atoms with Crippen LogP contribution in [0.1, 0.15) is 19.8 Å². The van der Waals surface area contributed by atoms with Gasteiger partial charge in [-0.2, -0.15) is 0 Å². The lowest BCUT2D eigenvalue weighted by Gasteiger charge is -2.44. The Hall–Kier alpha value is -0.940. The molecule has 5 heteroatoms. The van der Waals surface area contributed by atoms with Crippen LogP contribution in [-0.4, -0.2) is 47.8 Å². The van der Waals surface area contributed by atoms with Crippen molar-refractivity contribution in [3.05, 3.63) is 11.6 Å². The topological polar surface area (TPSA) is 66.6 Å². The molecule has 1 saturated heterocycles. The molecule has 1 heterocycles. The molecule has 0 aromatic carbocycles. The predicted octanol–water partition coefficient (Wildman–Crippen LogP) is 0.459. The molecule has 0 bridgehead atoms. The number of rotatable bonds is 4. The van der Waals surface area contributed by atoms with E-state index in [4.69, 9.17) is 10.8 Å². The Bertz CT molecular complexity index is 351. The van der Waals surface area contributed by atoms with Gasteiger partial charge in [0.1, 0.15) is 6.17 Å². The average Bonchev–Trinajstić information content (AvgIpc) is 2.35. The van der Waals surface area contributed by atoms with E-state index in [0.29, 0.717) is 5.92 Å². The summed E-state index contributed by atoms with van der Waals surface area (Å²) in [5, 5.41) is 9.09. The molecule has 1 amide bonds. The van der Waals surface area contributed by atoms with Crippen molar-refractivity contribution in [3.8, 4) is 0 Å². The van der Waals surface area contributed by atoms with Crippen LogP contribution in [-0.2, 0) is 4.79 Å². The monoisotopic (exact) mass is 256 g/mol. The van der Waals surface area contributed by atoms with Crippen LogP contribution in [0.15, 0.2) is 11.6 Å². The molecule has 3 N–H and O–H groups in total.